The van der Waals surface area contributed by atoms with Gasteiger partial charge < -0.3 is 19.7 Å². The third kappa shape index (κ3) is 4.78. The lowest BCUT2D eigenvalue weighted by Crippen LogP contribution is -2.09. The van der Waals surface area contributed by atoms with Gasteiger partial charge in [0, 0.05) is 0 Å². The Morgan fingerprint density at radius 2 is 1.67 bits per heavy atom. The van der Waals surface area contributed by atoms with Crippen molar-refractivity contribution in [3.63, 3.8) is 0 Å². The van der Waals surface area contributed by atoms with Crippen LogP contribution in [0.15, 0.2) is 24.3 Å². The van der Waals surface area contributed by atoms with Gasteiger partial charge in [0.05, 0.1) is 26.4 Å². The molecule has 1 rings (SSSR count). The first-order chi connectivity index (χ1) is 7.36. The summed E-state index contributed by atoms with van der Waals surface area (Å²) in [5, 5.41) is 17.3. The fourth-order valence-corrected chi connectivity index (χ4v) is 1.08. The Morgan fingerprint density at radius 3 is 2.27 bits per heavy atom. The SMILES string of the molecule is OCCOCCOc1ccc(CO)cc1. The van der Waals surface area contributed by atoms with Crippen LogP contribution >= 0.6 is 0 Å². The molecule has 0 aliphatic rings. The second-order valence-corrected chi connectivity index (χ2v) is 2.99. The molecule has 0 saturated heterocycles. The molecule has 4 heteroatoms. The number of benzene rings is 1. The zero-order valence-corrected chi connectivity index (χ0v) is 8.56. The molecular formula is C11H16O4. The summed E-state index contributed by atoms with van der Waals surface area (Å²) in [7, 11) is 0. The molecule has 15 heavy (non-hydrogen) atoms. The van der Waals surface area contributed by atoms with Gasteiger partial charge in [0.15, 0.2) is 0 Å². The van der Waals surface area contributed by atoms with E-state index in [0.29, 0.717) is 19.8 Å². The Balaban J connectivity index is 2.20. The molecule has 0 radical (unpaired) electrons. The third-order valence-electron chi connectivity index (χ3n) is 1.84. The molecule has 0 aliphatic carbocycles. The number of aliphatic hydroxyl groups excluding tert-OH is 2. The van der Waals surface area contributed by atoms with E-state index in [1.165, 1.54) is 0 Å². The van der Waals surface area contributed by atoms with E-state index >= 15 is 0 Å². The molecule has 0 bridgehead atoms. The van der Waals surface area contributed by atoms with Gasteiger partial charge in [0.1, 0.15) is 12.4 Å². The summed E-state index contributed by atoms with van der Waals surface area (Å²) in [6.07, 6.45) is 0. The van der Waals surface area contributed by atoms with Crippen molar-refractivity contribution >= 4 is 0 Å². The second-order valence-electron chi connectivity index (χ2n) is 2.99. The van der Waals surface area contributed by atoms with Crippen LogP contribution in [0.2, 0.25) is 0 Å². The predicted octanol–water partition coefficient (Wildman–Crippen LogP) is 0.567. The predicted molar refractivity (Wildman–Crippen MR) is 55.8 cm³/mol. The van der Waals surface area contributed by atoms with Gasteiger partial charge in [-0.3, -0.25) is 0 Å². The quantitative estimate of drug-likeness (QED) is 0.649. The molecule has 0 fully saturated rings. The van der Waals surface area contributed by atoms with Crippen molar-refractivity contribution in [2.24, 2.45) is 0 Å². The average molecular weight is 212 g/mol. The molecule has 1 aromatic carbocycles. The van der Waals surface area contributed by atoms with Crippen LogP contribution in [0.25, 0.3) is 0 Å². The topological polar surface area (TPSA) is 58.9 Å². The molecule has 84 valence electrons. The normalized spacial score (nSPS) is 10.3. The van der Waals surface area contributed by atoms with Gasteiger partial charge >= 0.3 is 0 Å². The molecule has 0 amide bonds. The molecule has 0 atom stereocenters. The summed E-state index contributed by atoms with van der Waals surface area (Å²) < 4.78 is 10.4. The van der Waals surface area contributed by atoms with Crippen LogP contribution in [0.4, 0.5) is 0 Å². The molecule has 0 aromatic heterocycles. The molecule has 1 aromatic rings. The van der Waals surface area contributed by atoms with E-state index in [4.69, 9.17) is 19.7 Å². The molecule has 0 spiro atoms. The molecular weight excluding hydrogens is 196 g/mol. The fourth-order valence-electron chi connectivity index (χ4n) is 1.08. The summed E-state index contributed by atoms with van der Waals surface area (Å²) in [5.41, 5.74) is 0.860. The number of ether oxygens (including phenoxy) is 2. The van der Waals surface area contributed by atoms with E-state index in [1.807, 2.05) is 12.1 Å². The Labute approximate surface area is 89.1 Å². The maximum absolute atomic E-state index is 8.82. The fraction of sp³-hybridized carbons (Fsp3) is 0.455. The Morgan fingerprint density at radius 1 is 0.933 bits per heavy atom. The van der Waals surface area contributed by atoms with Gasteiger partial charge in [-0.1, -0.05) is 12.1 Å². The minimum Gasteiger partial charge on any atom is -0.491 e. The van der Waals surface area contributed by atoms with Gasteiger partial charge in [0.25, 0.3) is 0 Å². The van der Waals surface area contributed by atoms with Crippen LogP contribution < -0.4 is 4.74 Å². The van der Waals surface area contributed by atoms with Crippen LogP contribution in [0.5, 0.6) is 5.75 Å². The summed E-state index contributed by atoms with van der Waals surface area (Å²) in [6, 6.07) is 7.23. The summed E-state index contributed by atoms with van der Waals surface area (Å²) in [5.74, 6) is 0.750. The van der Waals surface area contributed by atoms with Crippen LogP contribution in [-0.4, -0.2) is 36.6 Å². The lowest BCUT2D eigenvalue weighted by molar-refractivity contribution is 0.0705. The first kappa shape index (κ1) is 12.0. The molecule has 4 nitrogen and oxygen atoms in total. The van der Waals surface area contributed by atoms with Gasteiger partial charge in [-0.05, 0) is 17.7 Å². The summed E-state index contributed by atoms with van der Waals surface area (Å²) in [6.45, 7) is 1.33. The van der Waals surface area contributed by atoms with Crippen molar-refractivity contribution in [2.45, 2.75) is 6.61 Å². The minimum atomic E-state index is 0.0329. The van der Waals surface area contributed by atoms with E-state index in [9.17, 15) is 0 Å². The molecule has 0 saturated carbocycles. The molecule has 0 aliphatic heterocycles. The zero-order valence-electron chi connectivity index (χ0n) is 8.56. The number of aliphatic hydroxyl groups is 2. The molecule has 0 heterocycles. The van der Waals surface area contributed by atoms with Crippen molar-refractivity contribution in [3.05, 3.63) is 29.8 Å². The van der Waals surface area contributed by atoms with Crippen LogP contribution in [-0.2, 0) is 11.3 Å². The van der Waals surface area contributed by atoms with Crippen molar-refractivity contribution in [1.82, 2.24) is 0 Å². The highest BCUT2D eigenvalue weighted by molar-refractivity contribution is 5.26. The largest absolute Gasteiger partial charge is 0.491 e. The van der Waals surface area contributed by atoms with Crippen molar-refractivity contribution in [1.29, 1.82) is 0 Å². The van der Waals surface area contributed by atoms with E-state index in [-0.39, 0.29) is 13.2 Å². The van der Waals surface area contributed by atoms with Crippen molar-refractivity contribution < 1.29 is 19.7 Å². The van der Waals surface area contributed by atoms with E-state index in [0.717, 1.165) is 11.3 Å². The first-order valence-electron chi connectivity index (χ1n) is 4.88. The Bertz CT molecular complexity index is 258. The van der Waals surface area contributed by atoms with Crippen LogP contribution in [0.1, 0.15) is 5.56 Å². The summed E-state index contributed by atoms with van der Waals surface area (Å²) >= 11 is 0. The third-order valence-corrected chi connectivity index (χ3v) is 1.84. The molecule has 0 unspecified atom stereocenters. The van der Waals surface area contributed by atoms with Gasteiger partial charge in [0.2, 0.25) is 0 Å². The smallest absolute Gasteiger partial charge is 0.119 e. The lowest BCUT2D eigenvalue weighted by Gasteiger charge is -2.06. The Kier molecular flexibility index (Phi) is 5.77. The van der Waals surface area contributed by atoms with Gasteiger partial charge in [-0.25, -0.2) is 0 Å². The van der Waals surface area contributed by atoms with Crippen LogP contribution in [0, 0.1) is 0 Å². The number of hydrogen-bond acceptors (Lipinski definition) is 4. The maximum Gasteiger partial charge on any atom is 0.119 e. The standard InChI is InChI=1S/C11H16O4/c12-5-6-14-7-8-15-11-3-1-10(9-13)2-4-11/h1-4,12-13H,5-9H2. The minimum absolute atomic E-state index is 0.0329. The highest BCUT2D eigenvalue weighted by atomic mass is 16.5. The lowest BCUT2D eigenvalue weighted by atomic mass is 10.2. The Hall–Kier alpha value is -1.10. The monoisotopic (exact) mass is 212 g/mol. The van der Waals surface area contributed by atoms with E-state index < -0.39 is 0 Å². The van der Waals surface area contributed by atoms with Crippen molar-refractivity contribution in [3.8, 4) is 5.75 Å². The highest BCUT2D eigenvalue weighted by Crippen LogP contribution is 2.11. The zero-order chi connectivity index (χ0) is 10.9. The average Bonchev–Trinajstić information content (AvgIpc) is 2.30. The molecule has 2 N–H and O–H groups in total. The number of rotatable bonds is 7. The number of hydrogen-bond donors (Lipinski definition) is 2. The second kappa shape index (κ2) is 7.23. The first-order valence-corrected chi connectivity index (χ1v) is 4.88. The van der Waals surface area contributed by atoms with Gasteiger partial charge in [-0.15, -0.1) is 0 Å². The maximum atomic E-state index is 8.82. The van der Waals surface area contributed by atoms with Crippen molar-refractivity contribution in [2.75, 3.05) is 26.4 Å². The van der Waals surface area contributed by atoms with E-state index in [1.54, 1.807) is 12.1 Å². The van der Waals surface area contributed by atoms with Crippen LogP contribution in [0.3, 0.4) is 0 Å². The van der Waals surface area contributed by atoms with Gasteiger partial charge in [-0.2, -0.15) is 0 Å². The van der Waals surface area contributed by atoms with E-state index in [2.05, 4.69) is 0 Å². The summed E-state index contributed by atoms with van der Waals surface area (Å²) in [4.78, 5) is 0. The highest BCUT2D eigenvalue weighted by Gasteiger charge is 1.94.